The highest BCUT2D eigenvalue weighted by atomic mass is 79.9. The third kappa shape index (κ3) is 4.32. The van der Waals surface area contributed by atoms with E-state index in [0.717, 1.165) is 6.54 Å². The zero-order chi connectivity index (χ0) is 13.7. The highest BCUT2D eigenvalue weighted by Crippen LogP contribution is 2.40. The second kappa shape index (κ2) is 6.90. The number of nitrogens with one attached hydrogen (secondary N) is 1. The molecule has 0 radical (unpaired) electrons. The summed E-state index contributed by atoms with van der Waals surface area (Å²) in [6.07, 6.45) is 8.14. The van der Waals surface area contributed by atoms with Gasteiger partial charge in [0, 0.05) is 17.1 Å². The Balaban J connectivity index is 2.11. The van der Waals surface area contributed by atoms with Gasteiger partial charge in [0.25, 0.3) is 0 Å². The fourth-order valence-electron chi connectivity index (χ4n) is 3.18. The average Bonchev–Trinajstić information content (AvgIpc) is 2.41. The molecule has 19 heavy (non-hydrogen) atoms. The Morgan fingerprint density at radius 3 is 2.47 bits per heavy atom. The molecule has 1 aliphatic carbocycles. The Hall–Kier alpha value is -0.340. The van der Waals surface area contributed by atoms with Crippen molar-refractivity contribution in [2.45, 2.75) is 58.4 Å². The second-order valence-electron chi connectivity index (χ2n) is 6.36. The van der Waals surface area contributed by atoms with Gasteiger partial charge in [-0.05, 0) is 36.3 Å². The molecule has 1 nitrogen and oxygen atoms in total. The molecule has 1 aliphatic rings. The van der Waals surface area contributed by atoms with Crippen LogP contribution in [0.3, 0.4) is 0 Å². The van der Waals surface area contributed by atoms with Gasteiger partial charge in [0.05, 0.1) is 0 Å². The van der Waals surface area contributed by atoms with Crippen LogP contribution in [0.4, 0.5) is 0 Å². The molecule has 0 atom stereocenters. The molecule has 2 rings (SSSR count). The lowest BCUT2D eigenvalue weighted by molar-refractivity contribution is 0.176. The van der Waals surface area contributed by atoms with Crippen LogP contribution in [0.15, 0.2) is 28.7 Å². The predicted molar refractivity (Wildman–Crippen MR) is 86.5 cm³/mol. The highest BCUT2D eigenvalue weighted by Gasteiger charge is 2.32. The van der Waals surface area contributed by atoms with Crippen LogP contribution in [0.2, 0.25) is 0 Å². The van der Waals surface area contributed by atoms with E-state index in [1.54, 1.807) is 0 Å². The third-order valence-corrected chi connectivity index (χ3v) is 5.10. The Morgan fingerprint density at radius 2 is 1.84 bits per heavy atom. The second-order valence-corrected chi connectivity index (χ2v) is 7.22. The van der Waals surface area contributed by atoms with Crippen molar-refractivity contribution in [2.24, 2.45) is 5.41 Å². The molecule has 0 amide bonds. The van der Waals surface area contributed by atoms with Gasteiger partial charge in [-0.1, -0.05) is 67.2 Å². The van der Waals surface area contributed by atoms with E-state index in [4.69, 9.17) is 0 Å². The smallest absolute Gasteiger partial charge is 0.0207 e. The molecule has 0 bridgehead atoms. The van der Waals surface area contributed by atoms with Crippen molar-refractivity contribution in [3.63, 3.8) is 0 Å². The average molecular weight is 324 g/mol. The van der Waals surface area contributed by atoms with Gasteiger partial charge in [-0.15, -0.1) is 0 Å². The standard InChI is InChI=1S/C17H26BrN/c1-14(2)19-13-17(10-6-3-7-11-17)12-15-8-4-5-9-16(15)18/h4-5,8-9,14,19H,3,6-7,10-13H2,1-2H3. The molecule has 0 heterocycles. The van der Waals surface area contributed by atoms with E-state index in [0.29, 0.717) is 11.5 Å². The van der Waals surface area contributed by atoms with Crippen LogP contribution in [-0.2, 0) is 6.42 Å². The zero-order valence-electron chi connectivity index (χ0n) is 12.2. The summed E-state index contributed by atoms with van der Waals surface area (Å²) in [6.45, 7) is 5.65. The van der Waals surface area contributed by atoms with Gasteiger partial charge in [0.15, 0.2) is 0 Å². The fourth-order valence-corrected chi connectivity index (χ4v) is 3.61. The van der Waals surface area contributed by atoms with E-state index in [-0.39, 0.29) is 0 Å². The van der Waals surface area contributed by atoms with Crippen LogP contribution in [-0.4, -0.2) is 12.6 Å². The molecular weight excluding hydrogens is 298 g/mol. The minimum atomic E-state index is 0.465. The molecule has 1 fully saturated rings. The van der Waals surface area contributed by atoms with Gasteiger partial charge in [-0.25, -0.2) is 0 Å². The number of benzene rings is 1. The zero-order valence-corrected chi connectivity index (χ0v) is 13.8. The van der Waals surface area contributed by atoms with Crippen LogP contribution < -0.4 is 5.32 Å². The lowest BCUT2D eigenvalue weighted by atomic mass is 9.70. The summed E-state index contributed by atoms with van der Waals surface area (Å²) < 4.78 is 1.27. The highest BCUT2D eigenvalue weighted by molar-refractivity contribution is 9.10. The molecule has 0 aliphatic heterocycles. The van der Waals surface area contributed by atoms with Crippen LogP contribution in [0.1, 0.15) is 51.5 Å². The van der Waals surface area contributed by atoms with Crippen molar-refractivity contribution in [1.82, 2.24) is 5.32 Å². The van der Waals surface area contributed by atoms with Gasteiger partial charge < -0.3 is 5.32 Å². The van der Waals surface area contributed by atoms with Gasteiger partial charge in [0.2, 0.25) is 0 Å². The molecule has 0 spiro atoms. The quantitative estimate of drug-likeness (QED) is 0.809. The third-order valence-electron chi connectivity index (χ3n) is 4.32. The molecule has 106 valence electrons. The minimum Gasteiger partial charge on any atom is -0.314 e. The summed E-state index contributed by atoms with van der Waals surface area (Å²) in [5.41, 5.74) is 1.93. The summed E-state index contributed by atoms with van der Waals surface area (Å²) in [5, 5.41) is 3.68. The van der Waals surface area contributed by atoms with E-state index in [1.807, 2.05) is 0 Å². The van der Waals surface area contributed by atoms with E-state index in [9.17, 15) is 0 Å². The Bertz CT molecular complexity index is 394. The molecule has 1 aromatic rings. The Morgan fingerprint density at radius 1 is 1.16 bits per heavy atom. The van der Waals surface area contributed by atoms with Crippen molar-refractivity contribution in [2.75, 3.05) is 6.54 Å². The number of halogens is 1. The summed E-state index contributed by atoms with van der Waals surface area (Å²) in [5.74, 6) is 0. The molecule has 1 saturated carbocycles. The van der Waals surface area contributed by atoms with Crippen LogP contribution >= 0.6 is 15.9 Å². The topological polar surface area (TPSA) is 12.0 Å². The first-order valence-electron chi connectivity index (χ1n) is 7.58. The molecule has 2 heteroatoms. The van der Waals surface area contributed by atoms with E-state index >= 15 is 0 Å². The SMILES string of the molecule is CC(C)NCC1(Cc2ccccc2Br)CCCCC1. The van der Waals surface area contributed by atoms with Gasteiger partial charge in [-0.2, -0.15) is 0 Å². The first-order valence-corrected chi connectivity index (χ1v) is 8.37. The summed E-state index contributed by atoms with van der Waals surface area (Å²) in [6, 6.07) is 9.29. The van der Waals surface area contributed by atoms with Crippen molar-refractivity contribution in [3.8, 4) is 0 Å². The molecular formula is C17H26BrN. The maximum absolute atomic E-state index is 3.71. The molecule has 1 aromatic carbocycles. The molecule has 0 saturated heterocycles. The monoisotopic (exact) mass is 323 g/mol. The summed E-state index contributed by atoms with van der Waals surface area (Å²) in [7, 11) is 0. The number of hydrogen-bond acceptors (Lipinski definition) is 1. The fraction of sp³-hybridized carbons (Fsp3) is 0.647. The Kier molecular flexibility index (Phi) is 5.47. The molecule has 0 unspecified atom stereocenters. The summed E-state index contributed by atoms with van der Waals surface area (Å²) in [4.78, 5) is 0. The first-order chi connectivity index (χ1) is 9.11. The maximum atomic E-state index is 3.71. The van der Waals surface area contributed by atoms with E-state index in [1.165, 1.54) is 48.6 Å². The first kappa shape index (κ1) is 15.1. The maximum Gasteiger partial charge on any atom is 0.0207 e. The van der Waals surface area contributed by atoms with Crippen LogP contribution in [0.25, 0.3) is 0 Å². The predicted octanol–water partition coefficient (Wildman–Crippen LogP) is 4.94. The van der Waals surface area contributed by atoms with Crippen LogP contribution in [0.5, 0.6) is 0 Å². The van der Waals surface area contributed by atoms with Crippen molar-refractivity contribution >= 4 is 15.9 Å². The van der Waals surface area contributed by atoms with Crippen LogP contribution in [0, 0.1) is 5.41 Å². The van der Waals surface area contributed by atoms with Gasteiger partial charge >= 0.3 is 0 Å². The molecule has 0 aromatic heterocycles. The Labute approximate surface area is 126 Å². The number of rotatable bonds is 5. The molecule has 1 N–H and O–H groups in total. The van der Waals surface area contributed by atoms with Crippen molar-refractivity contribution < 1.29 is 0 Å². The van der Waals surface area contributed by atoms with Gasteiger partial charge in [-0.3, -0.25) is 0 Å². The normalized spacial score (nSPS) is 18.7. The van der Waals surface area contributed by atoms with Gasteiger partial charge in [0.1, 0.15) is 0 Å². The number of hydrogen-bond donors (Lipinski definition) is 1. The van der Waals surface area contributed by atoms with E-state index in [2.05, 4.69) is 59.4 Å². The lowest BCUT2D eigenvalue weighted by Gasteiger charge is -2.38. The minimum absolute atomic E-state index is 0.465. The van der Waals surface area contributed by atoms with E-state index < -0.39 is 0 Å². The largest absolute Gasteiger partial charge is 0.314 e. The summed E-state index contributed by atoms with van der Waals surface area (Å²) >= 11 is 3.71. The lowest BCUT2D eigenvalue weighted by Crippen LogP contribution is -2.40. The van der Waals surface area contributed by atoms with Crippen molar-refractivity contribution in [3.05, 3.63) is 34.3 Å². The van der Waals surface area contributed by atoms with Crippen molar-refractivity contribution in [1.29, 1.82) is 0 Å².